The maximum absolute atomic E-state index is 14.6. The molecular formula is C18H15F2N3. The molecule has 1 aliphatic rings. The zero-order valence-electron chi connectivity index (χ0n) is 12.4. The van der Waals surface area contributed by atoms with Crippen LogP contribution in [0.15, 0.2) is 42.2 Å². The average molecular weight is 311 g/mol. The second kappa shape index (κ2) is 5.19. The van der Waals surface area contributed by atoms with E-state index in [1.807, 2.05) is 12.1 Å². The Morgan fingerprint density at radius 1 is 1.17 bits per heavy atom. The fourth-order valence-electron chi connectivity index (χ4n) is 3.07. The SMILES string of the molecule is Nc1ccc(F)c(C(=C2CCC2)c2c[nH]c3ncccc23)c1F. The molecule has 0 saturated heterocycles. The van der Waals surface area contributed by atoms with Crippen molar-refractivity contribution in [3.63, 3.8) is 0 Å². The minimum atomic E-state index is -0.697. The van der Waals surface area contributed by atoms with Gasteiger partial charge in [-0.1, -0.05) is 5.57 Å². The summed E-state index contributed by atoms with van der Waals surface area (Å²) in [5, 5.41) is 0.850. The molecule has 2 aromatic heterocycles. The van der Waals surface area contributed by atoms with Crippen LogP contribution in [-0.4, -0.2) is 9.97 Å². The standard InChI is InChI=1S/C18H15F2N3/c19-13-6-7-14(21)17(20)16(13)15(10-3-1-4-10)12-9-23-18-11(12)5-2-8-22-18/h2,5-9H,1,3-4,21H2,(H,22,23). The highest BCUT2D eigenvalue weighted by molar-refractivity contribution is 5.97. The van der Waals surface area contributed by atoms with E-state index in [1.165, 1.54) is 12.1 Å². The number of fused-ring (bicyclic) bond motifs is 1. The third-order valence-corrected chi connectivity index (χ3v) is 4.40. The molecule has 3 aromatic rings. The van der Waals surface area contributed by atoms with E-state index < -0.39 is 11.6 Å². The van der Waals surface area contributed by atoms with Gasteiger partial charge in [-0.15, -0.1) is 0 Å². The molecule has 0 unspecified atom stereocenters. The summed E-state index contributed by atoms with van der Waals surface area (Å²) in [5.74, 6) is -1.29. The first-order valence-electron chi connectivity index (χ1n) is 7.55. The van der Waals surface area contributed by atoms with E-state index in [-0.39, 0.29) is 11.3 Å². The van der Waals surface area contributed by atoms with Crippen LogP contribution in [0.4, 0.5) is 14.5 Å². The third-order valence-electron chi connectivity index (χ3n) is 4.40. The Labute approximate surface area is 131 Å². The first-order valence-corrected chi connectivity index (χ1v) is 7.55. The highest BCUT2D eigenvalue weighted by Crippen LogP contribution is 2.42. The van der Waals surface area contributed by atoms with Crippen molar-refractivity contribution in [1.29, 1.82) is 0 Å². The number of benzene rings is 1. The number of nitrogens with two attached hydrogens (primary N) is 1. The zero-order chi connectivity index (χ0) is 16.0. The number of anilines is 1. The van der Waals surface area contributed by atoms with Crippen molar-refractivity contribution in [2.45, 2.75) is 19.3 Å². The molecule has 4 rings (SSSR count). The zero-order valence-corrected chi connectivity index (χ0v) is 12.4. The average Bonchev–Trinajstić information content (AvgIpc) is 2.92. The number of allylic oxidation sites excluding steroid dienone is 1. The lowest BCUT2D eigenvalue weighted by Gasteiger charge is -2.23. The van der Waals surface area contributed by atoms with Crippen molar-refractivity contribution in [2.75, 3.05) is 5.73 Å². The molecule has 0 radical (unpaired) electrons. The maximum Gasteiger partial charge on any atom is 0.156 e. The second-order valence-electron chi connectivity index (χ2n) is 5.76. The summed E-state index contributed by atoms with van der Waals surface area (Å²) in [6, 6.07) is 6.19. The quantitative estimate of drug-likeness (QED) is 0.689. The summed E-state index contributed by atoms with van der Waals surface area (Å²) in [4.78, 5) is 7.33. The lowest BCUT2D eigenvalue weighted by molar-refractivity contribution is 0.577. The van der Waals surface area contributed by atoms with Gasteiger partial charge in [0.25, 0.3) is 0 Å². The Hall–Kier alpha value is -2.69. The van der Waals surface area contributed by atoms with Crippen molar-refractivity contribution >= 4 is 22.3 Å². The number of halogens is 2. The van der Waals surface area contributed by atoms with Crippen molar-refractivity contribution < 1.29 is 8.78 Å². The van der Waals surface area contributed by atoms with E-state index in [9.17, 15) is 8.78 Å². The van der Waals surface area contributed by atoms with Crippen molar-refractivity contribution in [3.8, 4) is 0 Å². The van der Waals surface area contributed by atoms with Crippen LogP contribution < -0.4 is 5.73 Å². The Balaban J connectivity index is 2.04. The normalized spacial score (nSPS) is 14.1. The largest absolute Gasteiger partial charge is 0.396 e. The Morgan fingerprint density at radius 3 is 2.74 bits per heavy atom. The number of nitrogens with one attached hydrogen (secondary N) is 1. The van der Waals surface area contributed by atoms with Crippen LogP contribution in [0.5, 0.6) is 0 Å². The lowest BCUT2D eigenvalue weighted by atomic mass is 9.82. The van der Waals surface area contributed by atoms with Gasteiger partial charge >= 0.3 is 0 Å². The van der Waals surface area contributed by atoms with Crippen molar-refractivity contribution in [3.05, 3.63) is 65.0 Å². The first-order chi connectivity index (χ1) is 11.2. The summed E-state index contributed by atoms with van der Waals surface area (Å²) in [7, 11) is 0. The minimum absolute atomic E-state index is 0.0375. The number of nitrogens with zero attached hydrogens (tertiary/aromatic N) is 1. The van der Waals surface area contributed by atoms with Gasteiger partial charge in [-0.05, 0) is 49.1 Å². The number of pyridine rings is 1. The molecule has 1 aromatic carbocycles. The summed E-state index contributed by atoms with van der Waals surface area (Å²) < 4.78 is 29.0. The molecule has 0 aliphatic heterocycles. The predicted octanol–water partition coefficient (Wildman–Crippen LogP) is 4.41. The van der Waals surface area contributed by atoms with Gasteiger partial charge in [0.05, 0.1) is 11.3 Å². The molecule has 1 aliphatic carbocycles. The minimum Gasteiger partial charge on any atom is -0.396 e. The molecule has 5 heteroatoms. The summed E-state index contributed by atoms with van der Waals surface area (Å²) in [6.45, 7) is 0. The van der Waals surface area contributed by atoms with Crippen molar-refractivity contribution in [2.24, 2.45) is 0 Å². The Bertz CT molecular complexity index is 935. The van der Waals surface area contributed by atoms with Crippen LogP contribution in [0.25, 0.3) is 16.6 Å². The van der Waals surface area contributed by atoms with Gasteiger partial charge in [0.1, 0.15) is 11.5 Å². The smallest absolute Gasteiger partial charge is 0.156 e. The number of H-pyrrole nitrogens is 1. The fourth-order valence-corrected chi connectivity index (χ4v) is 3.07. The summed E-state index contributed by atoms with van der Waals surface area (Å²) in [6.07, 6.45) is 6.16. The van der Waals surface area contributed by atoms with Crippen molar-refractivity contribution in [1.82, 2.24) is 9.97 Å². The van der Waals surface area contributed by atoms with Crippen LogP contribution in [0, 0.1) is 11.6 Å². The molecule has 23 heavy (non-hydrogen) atoms. The predicted molar refractivity (Wildman–Crippen MR) is 86.7 cm³/mol. The van der Waals surface area contributed by atoms with Gasteiger partial charge in [0.15, 0.2) is 5.82 Å². The number of hydrogen-bond acceptors (Lipinski definition) is 2. The van der Waals surface area contributed by atoms with E-state index in [0.717, 1.165) is 35.8 Å². The lowest BCUT2D eigenvalue weighted by Crippen LogP contribution is -2.07. The van der Waals surface area contributed by atoms with E-state index in [0.29, 0.717) is 11.2 Å². The van der Waals surface area contributed by atoms with E-state index in [2.05, 4.69) is 9.97 Å². The van der Waals surface area contributed by atoms with Crippen LogP contribution >= 0.6 is 0 Å². The van der Waals surface area contributed by atoms with E-state index >= 15 is 0 Å². The number of aromatic amines is 1. The van der Waals surface area contributed by atoms with Crippen LogP contribution in [0.2, 0.25) is 0 Å². The van der Waals surface area contributed by atoms with Gasteiger partial charge in [-0.25, -0.2) is 13.8 Å². The van der Waals surface area contributed by atoms with Crippen LogP contribution in [-0.2, 0) is 0 Å². The molecule has 2 heterocycles. The Morgan fingerprint density at radius 2 is 2.00 bits per heavy atom. The highest BCUT2D eigenvalue weighted by atomic mass is 19.1. The van der Waals surface area contributed by atoms with Gasteiger partial charge in [-0.3, -0.25) is 0 Å². The number of aromatic nitrogens is 2. The van der Waals surface area contributed by atoms with Crippen LogP contribution in [0.1, 0.15) is 30.4 Å². The summed E-state index contributed by atoms with van der Waals surface area (Å²) in [5.41, 5.74) is 8.72. The van der Waals surface area contributed by atoms with Gasteiger partial charge in [0, 0.05) is 23.3 Å². The monoisotopic (exact) mass is 311 g/mol. The highest BCUT2D eigenvalue weighted by Gasteiger charge is 2.25. The molecule has 0 spiro atoms. The topological polar surface area (TPSA) is 54.7 Å². The maximum atomic E-state index is 14.6. The van der Waals surface area contributed by atoms with E-state index in [4.69, 9.17) is 5.73 Å². The molecule has 0 amide bonds. The fraction of sp³-hybridized carbons (Fsp3) is 0.167. The molecule has 0 bridgehead atoms. The number of hydrogen-bond donors (Lipinski definition) is 2. The van der Waals surface area contributed by atoms with Crippen LogP contribution in [0.3, 0.4) is 0 Å². The second-order valence-corrected chi connectivity index (χ2v) is 5.76. The molecule has 3 N–H and O–H groups in total. The number of nitrogen functional groups attached to an aromatic ring is 1. The molecular weight excluding hydrogens is 296 g/mol. The van der Waals surface area contributed by atoms with Gasteiger partial charge in [-0.2, -0.15) is 0 Å². The Kier molecular flexibility index (Phi) is 3.15. The summed E-state index contributed by atoms with van der Waals surface area (Å²) >= 11 is 0. The third kappa shape index (κ3) is 2.11. The first kappa shape index (κ1) is 13.9. The molecule has 1 fully saturated rings. The van der Waals surface area contributed by atoms with Gasteiger partial charge < -0.3 is 10.7 Å². The molecule has 0 atom stereocenters. The van der Waals surface area contributed by atoms with Gasteiger partial charge in [0.2, 0.25) is 0 Å². The molecule has 3 nitrogen and oxygen atoms in total. The molecule has 116 valence electrons. The molecule has 1 saturated carbocycles. The van der Waals surface area contributed by atoms with E-state index in [1.54, 1.807) is 12.4 Å². The number of rotatable bonds is 2.